The first-order chi connectivity index (χ1) is 15.6. The second-order valence-corrected chi connectivity index (χ2v) is 9.50. The van der Waals surface area contributed by atoms with Gasteiger partial charge in [0.2, 0.25) is 0 Å². The fraction of sp³-hybridized carbons (Fsp3) is 0.727. The van der Waals surface area contributed by atoms with Crippen LogP contribution in [0.2, 0.25) is 0 Å². The molecule has 1 N–H and O–H groups in total. The number of hydrogen-bond acceptors (Lipinski definition) is 9. The van der Waals surface area contributed by atoms with E-state index in [1.165, 1.54) is 7.11 Å². The predicted molar refractivity (Wildman–Crippen MR) is 122 cm³/mol. The first kappa shape index (κ1) is 25.0. The van der Waals surface area contributed by atoms with Crippen LogP contribution in [0.1, 0.15) is 51.0 Å². The van der Waals surface area contributed by atoms with Gasteiger partial charge in [-0.05, 0) is 54.1 Å². The van der Waals surface area contributed by atoms with Crippen LogP contribution < -0.4 is 15.1 Å². The van der Waals surface area contributed by atoms with Crippen molar-refractivity contribution in [3.8, 4) is 6.01 Å². The van der Waals surface area contributed by atoms with Gasteiger partial charge in [0.15, 0.2) is 0 Å². The Hall–Kier alpha value is -2.66. The number of anilines is 1. The number of aromatic nitrogens is 2. The number of ether oxygens (including phenoxy) is 2. The van der Waals surface area contributed by atoms with Crippen molar-refractivity contribution in [2.75, 3.05) is 51.8 Å². The highest BCUT2D eigenvalue weighted by Gasteiger charge is 2.30. The van der Waals surface area contributed by atoms with E-state index in [1.54, 1.807) is 11.0 Å². The lowest BCUT2D eigenvalue weighted by Crippen LogP contribution is -2.50. The summed E-state index contributed by atoms with van der Waals surface area (Å²) in [5.74, 6) is 0.0843. The second kappa shape index (κ2) is 10.5. The zero-order valence-electron chi connectivity index (χ0n) is 20.5. The molecule has 3 heterocycles. The summed E-state index contributed by atoms with van der Waals surface area (Å²) in [5, 5.41) is 0. The molecule has 2 saturated heterocycles. The van der Waals surface area contributed by atoms with Crippen molar-refractivity contribution in [3.05, 3.63) is 11.8 Å². The molecule has 2 amide bonds. The molecule has 2 atom stereocenters. The molecular formula is C22H36N6O5. The van der Waals surface area contributed by atoms with Gasteiger partial charge in [-0.2, -0.15) is 9.97 Å². The Morgan fingerprint density at radius 3 is 2.42 bits per heavy atom. The summed E-state index contributed by atoms with van der Waals surface area (Å²) in [6.45, 7) is 10.6. The van der Waals surface area contributed by atoms with E-state index in [-0.39, 0.29) is 29.9 Å². The van der Waals surface area contributed by atoms with E-state index in [1.807, 2.05) is 32.6 Å². The molecule has 0 aromatic carbocycles. The minimum absolute atomic E-state index is 0.130. The fourth-order valence-electron chi connectivity index (χ4n) is 4.11. The average molecular weight is 465 g/mol. The number of carbonyl (C=O) groups excluding carboxylic acids is 2. The van der Waals surface area contributed by atoms with Crippen molar-refractivity contribution in [2.24, 2.45) is 0 Å². The summed E-state index contributed by atoms with van der Waals surface area (Å²) >= 11 is 0. The summed E-state index contributed by atoms with van der Waals surface area (Å²) in [5.41, 5.74) is 1.91. The summed E-state index contributed by atoms with van der Waals surface area (Å²) in [6, 6.07) is 2.03. The third kappa shape index (κ3) is 6.67. The highest BCUT2D eigenvalue weighted by atomic mass is 16.6. The molecule has 0 saturated carbocycles. The maximum atomic E-state index is 12.4. The van der Waals surface area contributed by atoms with E-state index in [9.17, 15) is 9.59 Å². The zero-order valence-corrected chi connectivity index (χ0v) is 20.5. The smallest absolute Gasteiger partial charge is 0.410 e. The van der Waals surface area contributed by atoms with Crippen LogP contribution >= 0.6 is 0 Å². The average Bonchev–Trinajstić information content (AvgIpc) is 3.18. The SMILES string of the molecule is CONC(=O)c1cc(N2CCN(C(=O)OC(C)(C)C)CC2)nc(O[C@@H](C)[C@@H]2CCCN2C)n1. The lowest BCUT2D eigenvalue weighted by atomic mass is 10.1. The first-order valence-corrected chi connectivity index (χ1v) is 11.4. The number of rotatable bonds is 6. The number of likely N-dealkylation sites (tertiary alicyclic amines) is 1. The molecule has 0 radical (unpaired) electrons. The first-order valence-electron chi connectivity index (χ1n) is 11.4. The molecular weight excluding hydrogens is 428 g/mol. The van der Waals surface area contributed by atoms with Crippen molar-refractivity contribution in [3.63, 3.8) is 0 Å². The maximum absolute atomic E-state index is 12.4. The van der Waals surface area contributed by atoms with Gasteiger partial charge in [-0.3, -0.25) is 14.5 Å². The maximum Gasteiger partial charge on any atom is 0.410 e. The Balaban J connectivity index is 1.74. The summed E-state index contributed by atoms with van der Waals surface area (Å²) in [4.78, 5) is 44.4. The molecule has 0 aliphatic carbocycles. The number of hydrogen-bond donors (Lipinski definition) is 1. The lowest BCUT2D eigenvalue weighted by molar-refractivity contribution is 0.0240. The molecule has 2 aliphatic heterocycles. The zero-order chi connectivity index (χ0) is 24.2. The van der Waals surface area contributed by atoms with Crippen molar-refractivity contribution in [1.82, 2.24) is 25.2 Å². The standard InChI is InChI=1S/C22H36N6O5/c1-15(17-8-7-9-26(17)5)32-20-23-16(19(29)25-31-6)14-18(24-20)27-10-12-28(13-11-27)21(30)33-22(2,3)4/h14-15,17H,7-13H2,1-6H3,(H,25,29)/t15-,17-/m0/s1. The molecule has 2 aliphatic rings. The molecule has 0 unspecified atom stereocenters. The Morgan fingerprint density at radius 1 is 1.15 bits per heavy atom. The number of piperazine rings is 1. The number of carbonyl (C=O) groups is 2. The molecule has 0 bridgehead atoms. The predicted octanol–water partition coefficient (Wildman–Crippen LogP) is 1.69. The van der Waals surface area contributed by atoms with Gasteiger partial charge < -0.3 is 19.3 Å². The number of nitrogens with zero attached hydrogens (tertiary/aromatic N) is 5. The largest absolute Gasteiger partial charge is 0.459 e. The molecule has 0 spiro atoms. The Morgan fingerprint density at radius 2 is 1.85 bits per heavy atom. The number of nitrogens with one attached hydrogen (secondary N) is 1. The van der Waals surface area contributed by atoms with Crippen LogP contribution in [0.3, 0.4) is 0 Å². The molecule has 2 fully saturated rings. The minimum Gasteiger partial charge on any atom is -0.459 e. The molecule has 1 aromatic rings. The molecule has 1 aromatic heterocycles. The van der Waals surface area contributed by atoms with Crippen molar-refractivity contribution in [1.29, 1.82) is 0 Å². The normalized spacial score (nSPS) is 20.5. The quantitative estimate of drug-likeness (QED) is 0.629. The topological polar surface area (TPSA) is 109 Å². The van der Waals surface area contributed by atoms with Crippen molar-refractivity contribution in [2.45, 2.75) is 58.3 Å². The second-order valence-electron chi connectivity index (χ2n) is 9.50. The molecule has 11 nitrogen and oxygen atoms in total. The Labute approximate surface area is 195 Å². The number of amides is 2. The van der Waals surface area contributed by atoms with Crippen LogP contribution in [-0.2, 0) is 9.57 Å². The van der Waals surface area contributed by atoms with Gasteiger partial charge in [0, 0.05) is 38.3 Å². The van der Waals surface area contributed by atoms with E-state index in [0.29, 0.717) is 32.0 Å². The van der Waals surface area contributed by atoms with E-state index in [0.717, 1.165) is 19.4 Å². The fourth-order valence-corrected chi connectivity index (χ4v) is 4.11. The van der Waals surface area contributed by atoms with E-state index in [4.69, 9.17) is 14.3 Å². The van der Waals surface area contributed by atoms with Crippen LogP contribution in [0.5, 0.6) is 6.01 Å². The van der Waals surface area contributed by atoms with Crippen molar-refractivity contribution >= 4 is 17.8 Å². The summed E-state index contributed by atoms with van der Waals surface area (Å²) in [6.07, 6.45) is 1.71. The minimum atomic E-state index is -0.541. The van der Waals surface area contributed by atoms with Gasteiger partial charge in [-0.25, -0.2) is 10.3 Å². The van der Waals surface area contributed by atoms with Gasteiger partial charge in [-0.1, -0.05) is 0 Å². The Kier molecular flexibility index (Phi) is 7.96. The third-order valence-electron chi connectivity index (χ3n) is 5.78. The molecule has 33 heavy (non-hydrogen) atoms. The van der Waals surface area contributed by atoms with Crippen LogP contribution in [-0.4, -0.2) is 96.4 Å². The number of likely N-dealkylation sites (N-methyl/N-ethyl adjacent to an activating group) is 1. The van der Waals surface area contributed by atoms with Crippen LogP contribution in [0.25, 0.3) is 0 Å². The van der Waals surface area contributed by atoms with Crippen molar-refractivity contribution < 1.29 is 23.9 Å². The van der Waals surface area contributed by atoms with E-state index < -0.39 is 11.5 Å². The molecule has 184 valence electrons. The number of hydroxylamine groups is 1. The molecule has 3 rings (SSSR count). The van der Waals surface area contributed by atoms with E-state index in [2.05, 4.69) is 27.4 Å². The monoisotopic (exact) mass is 464 g/mol. The van der Waals surface area contributed by atoms with Gasteiger partial charge in [0.25, 0.3) is 5.91 Å². The van der Waals surface area contributed by atoms with Crippen LogP contribution in [0.15, 0.2) is 6.07 Å². The van der Waals surface area contributed by atoms with Gasteiger partial charge in [0.1, 0.15) is 23.2 Å². The Bertz CT molecular complexity index is 837. The highest BCUT2D eigenvalue weighted by Crippen LogP contribution is 2.24. The third-order valence-corrected chi connectivity index (χ3v) is 5.78. The van der Waals surface area contributed by atoms with Gasteiger partial charge >= 0.3 is 12.1 Å². The summed E-state index contributed by atoms with van der Waals surface area (Å²) < 4.78 is 11.6. The van der Waals surface area contributed by atoms with Crippen LogP contribution in [0, 0.1) is 0 Å². The highest BCUT2D eigenvalue weighted by molar-refractivity contribution is 5.92. The molecule has 11 heteroatoms. The van der Waals surface area contributed by atoms with Crippen LogP contribution in [0.4, 0.5) is 10.6 Å². The lowest BCUT2D eigenvalue weighted by Gasteiger charge is -2.36. The van der Waals surface area contributed by atoms with Gasteiger partial charge in [-0.15, -0.1) is 0 Å². The van der Waals surface area contributed by atoms with E-state index >= 15 is 0 Å². The van der Waals surface area contributed by atoms with Gasteiger partial charge in [0.05, 0.1) is 7.11 Å². The summed E-state index contributed by atoms with van der Waals surface area (Å²) in [7, 11) is 3.45.